The summed E-state index contributed by atoms with van der Waals surface area (Å²) in [6.07, 6.45) is 7.60. The average molecular weight is 688 g/mol. The van der Waals surface area contributed by atoms with E-state index in [4.69, 9.17) is 47.4 Å². The number of carbonyl (C=O) groups is 1. The maximum absolute atomic E-state index is 12.6. The molecule has 0 spiro atoms. The van der Waals surface area contributed by atoms with Gasteiger partial charge in [0, 0.05) is 78.8 Å². The lowest BCUT2D eigenvalue weighted by Crippen LogP contribution is -2.47. The highest BCUT2D eigenvalue weighted by atomic mass is 35.5. The molecule has 5 aromatic rings. The lowest BCUT2D eigenvalue weighted by atomic mass is 10.0. The number of piperazine rings is 1. The first kappa shape index (κ1) is 32.1. The molecule has 1 saturated heterocycles. The molecule has 1 aliphatic carbocycles. The van der Waals surface area contributed by atoms with Crippen molar-refractivity contribution in [1.82, 2.24) is 19.3 Å². The molecule has 12 heteroatoms. The molecule has 2 fully saturated rings. The zero-order chi connectivity index (χ0) is 33.7. The van der Waals surface area contributed by atoms with Crippen molar-refractivity contribution in [3.63, 3.8) is 0 Å². The summed E-state index contributed by atoms with van der Waals surface area (Å²) in [5.41, 5.74) is 6.56. The van der Waals surface area contributed by atoms with Crippen LogP contribution >= 0.6 is 23.2 Å². The van der Waals surface area contributed by atoms with Crippen LogP contribution in [0, 0.1) is 6.92 Å². The number of anilines is 2. The predicted octanol–water partition coefficient (Wildman–Crippen LogP) is 7.27. The number of nitrogens with one attached hydrogen (secondary N) is 1. The quantitative estimate of drug-likeness (QED) is 0.162. The SMILES string of the molecule is C=CC(=O)Nc1cc(-c2cc3c(cn2)cc(-c2c(Cl)c(OC)cc(OC)c2Cl)c2nc(C)cn23)c(OC)cc1N1CCN(C2CC2)CC1. The summed E-state index contributed by atoms with van der Waals surface area (Å²) in [6, 6.07) is 10.3. The van der Waals surface area contributed by atoms with Crippen LogP contribution in [0.25, 0.3) is 38.9 Å². The van der Waals surface area contributed by atoms with Gasteiger partial charge in [-0.25, -0.2) is 4.98 Å². The van der Waals surface area contributed by atoms with Gasteiger partial charge in [-0.05, 0) is 44.0 Å². The molecular formula is C36H36Cl2N6O4. The summed E-state index contributed by atoms with van der Waals surface area (Å²) in [6.45, 7) is 9.28. The third-order valence-corrected chi connectivity index (χ3v) is 9.89. The van der Waals surface area contributed by atoms with E-state index in [0.717, 1.165) is 60.1 Å². The van der Waals surface area contributed by atoms with Crippen molar-refractivity contribution in [2.24, 2.45) is 0 Å². The number of hydrogen-bond acceptors (Lipinski definition) is 8. The fraction of sp³-hybridized carbons (Fsp3) is 0.306. The number of nitrogens with zero attached hydrogens (tertiary/aromatic N) is 5. The Morgan fingerprint density at radius 3 is 2.25 bits per heavy atom. The standard InChI is InChI=1S/C36H36Cl2N6O4/c1-6-32(45)41-26-14-23(29(46-3)16-28(26)43-11-9-42(10-12-43)22-7-8-22)25-15-27-21(18-39-25)13-24(36-40-20(2)19-44(27)36)33-34(37)30(47-4)17-31(48-5)35(33)38/h6,13-19,22H,1,7-12H2,2-5H3,(H,41,45). The molecule has 10 nitrogen and oxygen atoms in total. The van der Waals surface area contributed by atoms with Crippen molar-refractivity contribution in [3.05, 3.63) is 71.1 Å². The summed E-state index contributed by atoms with van der Waals surface area (Å²) < 4.78 is 19.0. The lowest BCUT2D eigenvalue weighted by molar-refractivity contribution is -0.111. The molecule has 2 aromatic carbocycles. The molecule has 0 atom stereocenters. The number of imidazole rings is 1. The van der Waals surface area contributed by atoms with Gasteiger partial charge >= 0.3 is 0 Å². The van der Waals surface area contributed by atoms with Gasteiger partial charge in [0.2, 0.25) is 5.91 Å². The third-order valence-electron chi connectivity index (χ3n) is 9.14. The van der Waals surface area contributed by atoms with E-state index in [1.165, 1.54) is 18.9 Å². The summed E-state index contributed by atoms with van der Waals surface area (Å²) >= 11 is 13.7. The molecule has 0 radical (unpaired) electrons. The minimum Gasteiger partial charge on any atom is -0.496 e. The van der Waals surface area contributed by atoms with Crippen LogP contribution in [0.1, 0.15) is 18.5 Å². The Morgan fingerprint density at radius 1 is 0.938 bits per heavy atom. The van der Waals surface area contributed by atoms with Crippen LogP contribution in [0.5, 0.6) is 17.2 Å². The van der Waals surface area contributed by atoms with Crippen molar-refractivity contribution < 1.29 is 19.0 Å². The summed E-state index contributed by atoms with van der Waals surface area (Å²) in [5.74, 6) is 1.23. The molecule has 1 saturated carbocycles. The maximum Gasteiger partial charge on any atom is 0.247 e. The highest BCUT2D eigenvalue weighted by Gasteiger charge is 2.32. The van der Waals surface area contributed by atoms with E-state index in [2.05, 4.69) is 21.7 Å². The number of halogens is 2. The molecule has 48 heavy (non-hydrogen) atoms. The van der Waals surface area contributed by atoms with Crippen LogP contribution in [0.4, 0.5) is 11.4 Å². The maximum atomic E-state index is 12.6. The van der Waals surface area contributed by atoms with Crippen molar-refractivity contribution in [3.8, 4) is 39.6 Å². The smallest absolute Gasteiger partial charge is 0.247 e. The number of aromatic nitrogens is 3. The molecular weight excluding hydrogens is 651 g/mol. The van der Waals surface area contributed by atoms with Crippen LogP contribution in [-0.4, -0.2) is 78.7 Å². The second-order valence-corrected chi connectivity index (χ2v) is 12.8. The van der Waals surface area contributed by atoms with E-state index in [9.17, 15) is 4.79 Å². The number of benzene rings is 2. The summed E-state index contributed by atoms with van der Waals surface area (Å²) in [5, 5.41) is 4.56. The van der Waals surface area contributed by atoms with Crippen molar-refractivity contribution in [2.45, 2.75) is 25.8 Å². The normalized spacial score (nSPS) is 15.2. The van der Waals surface area contributed by atoms with E-state index >= 15 is 0 Å². The van der Waals surface area contributed by atoms with Gasteiger partial charge in [0.15, 0.2) is 0 Å². The fourth-order valence-electron chi connectivity index (χ4n) is 6.57. The Kier molecular flexibility index (Phi) is 8.57. The van der Waals surface area contributed by atoms with E-state index < -0.39 is 0 Å². The molecule has 0 bridgehead atoms. The Hall–Kier alpha value is -4.51. The van der Waals surface area contributed by atoms with E-state index in [-0.39, 0.29) is 5.91 Å². The first-order valence-corrected chi connectivity index (χ1v) is 16.5. The van der Waals surface area contributed by atoms with E-state index in [1.807, 2.05) is 41.8 Å². The number of rotatable bonds is 9. The van der Waals surface area contributed by atoms with Gasteiger partial charge in [0.1, 0.15) is 22.9 Å². The summed E-state index contributed by atoms with van der Waals surface area (Å²) in [4.78, 5) is 27.2. The zero-order valence-electron chi connectivity index (χ0n) is 27.3. The molecule has 3 aromatic heterocycles. The second kappa shape index (κ2) is 12.8. The number of carbonyl (C=O) groups excluding carboxylic acids is 1. The predicted molar refractivity (Wildman–Crippen MR) is 191 cm³/mol. The fourth-order valence-corrected chi connectivity index (χ4v) is 7.28. The Morgan fingerprint density at radius 2 is 1.62 bits per heavy atom. The van der Waals surface area contributed by atoms with Crippen LogP contribution < -0.4 is 24.4 Å². The molecule has 0 unspecified atom stereocenters. The van der Waals surface area contributed by atoms with Gasteiger partial charge in [-0.15, -0.1) is 0 Å². The van der Waals surface area contributed by atoms with Crippen molar-refractivity contribution in [1.29, 1.82) is 0 Å². The monoisotopic (exact) mass is 686 g/mol. The number of aryl methyl sites for hydroxylation is 1. The van der Waals surface area contributed by atoms with Crippen LogP contribution in [0.15, 0.2) is 55.4 Å². The summed E-state index contributed by atoms with van der Waals surface area (Å²) in [7, 11) is 4.74. The number of hydrogen-bond donors (Lipinski definition) is 1. The number of ether oxygens (including phenoxy) is 3. The van der Waals surface area contributed by atoms with Gasteiger partial charge in [-0.2, -0.15) is 0 Å². The largest absolute Gasteiger partial charge is 0.496 e. The van der Waals surface area contributed by atoms with Gasteiger partial charge in [0.05, 0.1) is 59.7 Å². The molecule has 7 rings (SSSR count). The van der Waals surface area contributed by atoms with E-state index in [0.29, 0.717) is 55.4 Å². The van der Waals surface area contributed by atoms with Crippen molar-refractivity contribution in [2.75, 3.05) is 57.7 Å². The van der Waals surface area contributed by atoms with Crippen LogP contribution in [0.2, 0.25) is 10.0 Å². The molecule has 1 N–H and O–H groups in total. The average Bonchev–Trinajstić information content (AvgIpc) is 3.88. The number of pyridine rings is 2. The molecule has 4 heterocycles. The Balaban J connectivity index is 1.36. The third kappa shape index (κ3) is 5.67. The lowest BCUT2D eigenvalue weighted by Gasteiger charge is -2.37. The molecule has 1 amide bonds. The van der Waals surface area contributed by atoms with Crippen molar-refractivity contribution >= 4 is 57.0 Å². The van der Waals surface area contributed by atoms with Gasteiger partial charge < -0.3 is 24.4 Å². The molecule has 1 aliphatic heterocycles. The number of fused-ring (bicyclic) bond motifs is 3. The molecule has 2 aliphatic rings. The highest BCUT2D eigenvalue weighted by molar-refractivity contribution is 6.41. The number of methoxy groups -OCH3 is 3. The van der Waals surface area contributed by atoms with Gasteiger partial charge in [-0.1, -0.05) is 29.8 Å². The van der Waals surface area contributed by atoms with Crippen LogP contribution in [-0.2, 0) is 4.79 Å². The van der Waals surface area contributed by atoms with Gasteiger partial charge in [-0.3, -0.25) is 19.1 Å². The first-order chi connectivity index (χ1) is 23.2. The minimum absolute atomic E-state index is 0.287. The first-order valence-electron chi connectivity index (χ1n) is 15.8. The Labute approximate surface area is 288 Å². The highest BCUT2D eigenvalue weighted by Crippen LogP contribution is 2.48. The second-order valence-electron chi connectivity index (χ2n) is 12.1. The van der Waals surface area contributed by atoms with Crippen LogP contribution in [0.3, 0.4) is 0 Å². The van der Waals surface area contributed by atoms with Gasteiger partial charge in [0.25, 0.3) is 0 Å². The number of amides is 1. The van der Waals surface area contributed by atoms with E-state index in [1.54, 1.807) is 33.6 Å². The minimum atomic E-state index is -0.287. The topological polar surface area (TPSA) is 93.5 Å². The Bertz CT molecular complexity index is 2060. The molecule has 248 valence electrons. The zero-order valence-corrected chi connectivity index (χ0v) is 28.8.